The SMILES string of the molecule is C/C=C/Cl.C=C(/C=C\CC)C(=O)NC(C(=O)NCCNc1nsc2ccccc12)c1ccccc1. The molecule has 2 amide bonds. The lowest BCUT2D eigenvalue weighted by atomic mass is 10.1. The Morgan fingerprint density at radius 3 is 2.49 bits per heavy atom. The number of nitrogens with zero attached hydrogens (tertiary/aromatic N) is 1. The van der Waals surface area contributed by atoms with E-state index in [0.29, 0.717) is 24.2 Å². The van der Waals surface area contributed by atoms with Crippen molar-refractivity contribution in [2.75, 3.05) is 18.4 Å². The molecule has 0 radical (unpaired) electrons. The highest BCUT2D eigenvalue weighted by molar-refractivity contribution is 7.13. The summed E-state index contributed by atoms with van der Waals surface area (Å²) in [6.07, 6.45) is 6.09. The van der Waals surface area contributed by atoms with E-state index in [-0.39, 0.29) is 11.8 Å². The molecule has 184 valence electrons. The minimum absolute atomic E-state index is 0.281. The third-order valence-electron chi connectivity index (χ3n) is 4.74. The van der Waals surface area contributed by atoms with Gasteiger partial charge in [-0.25, -0.2) is 0 Å². The molecule has 0 aliphatic carbocycles. The third-order valence-corrected chi connectivity index (χ3v) is 5.82. The molecule has 1 unspecified atom stereocenters. The molecule has 1 heterocycles. The molecule has 2 aromatic carbocycles. The maximum Gasteiger partial charge on any atom is 0.251 e. The van der Waals surface area contributed by atoms with Crippen molar-refractivity contribution in [1.29, 1.82) is 0 Å². The van der Waals surface area contributed by atoms with Gasteiger partial charge in [0.2, 0.25) is 5.91 Å². The topological polar surface area (TPSA) is 83.1 Å². The highest BCUT2D eigenvalue weighted by Crippen LogP contribution is 2.25. The Morgan fingerprint density at radius 2 is 1.80 bits per heavy atom. The molecule has 35 heavy (non-hydrogen) atoms. The molecule has 1 aromatic heterocycles. The van der Waals surface area contributed by atoms with Gasteiger partial charge in [-0.3, -0.25) is 9.59 Å². The van der Waals surface area contributed by atoms with Crippen LogP contribution in [0.1, 0.15) is 31.9 Å². The number of hydrogen-bond donors (Lipinski definition) is 3. The Kier molecular flexibility index (Phi) is 12.3. The predicted molar refractivity (Wildman–Crippen MR) is 148 cm³/mol. The van der Waals surface area contributed by atoms with Crippen molar-refractivity contribution in [1.82, 2.24) is 15.0 Å². The van der Waals surface area contributed by atoms with Gasteiger partial charge in [-0.05, 0) is 48.1 Å². The summed E-state index contributed by atoms with van der Waals surface area (Å²) in [5.41, 5.74) is 2.49. The van der Waals surface area contributed by atoms with Gasteiger partial charge >= 0.3 is 0 Å². The van der Waals surface area contributed by atoms with E-state index in [1.807, 2.05) is 74.5 Å². The van der Waals surface area contributed by atoms with Crippen LogP contribution in [-0.4, -0.2) is 29.3 Å². The number of anilines is 1. The summed E-state index contributed by atoms with van der Waals surface area (Å²) in [4.78, 5) is 25.4. The second-order valence-corrected chi connectivity index (χ2v) is 8.41. The average Bonchev–Trinajstić information content (AvgIpc) is 3.31. The van der Waals surface area contributed by atoms with Crippen molar-refractivity contribution >= 4 is 50.9 Å². The van der Waals surface area contributed by atoms with E-state index >= 15 is 0 Å². The Morgan fingerprint density at radius 1 is 1.11 bits per heavy atom. The van der Waals surface area contributed by atoms with E-state index < -0.39 is 6.04 Å². The monoisotopic (exact) mass is 510 g/mol. The number of benzene rings is 2. The maximum atomic E-state index is 12.9. The number of carbonyl (C=O) groups excluding carboxylic acids is 2. The fourth-order valence-corrected chi connectivity index (χ4v) is 3.74. The number of amides is 2. The van der Waals surface area contributed by atoms with Crippen molar-refractivity contribution in [3.8, 4) is 0 Å². The zero-order valence-electron chi connectivity index (χ0n) is 20.0. The molecule has 3 N–H and O–H groups in total. The summed E-state index contributed by atoms with van der Waals surface area (Å²) in [7, 11) is 0. The van der Waals surface area contributed by atoms with Crippen molar-refractivity contribution in [2.45, 2.75) is 26.3 Å². The van der Waals surface area contributed by atoms with Crippen molar-refractivity contribution in [3.63, 3.8) is 0 Å². The van der Waals surface area contributed by atoms with Crippen LogP contribution in [0, 0.1) is 0 Å². The number of allylic oxidation sites excluding steroid dienone is 2. The van der Waals surface area contributed by atoms with E-state index in [2.05, 4.69) is 26.9 Å². The van der Waals surface area contributed by atoms with E-state index in [1.165, 1.54) is 17.1 Å². The molecular formula is C27H31ClN4O2S. The first-order valence-electron chi connectivity index (χ1n) is 11.3. The largest absolute Gasteiger partial charge is 0.367 e. The molecule has 8 heteroatoms. The molecule has 3 aromatic rings. The van der Waals surface area contributed by atoms with Crippen LogP contribution in [0.3, 0.4) is 0 Å². The summed E-state index contributed by atoms with van der Waals surface area (Å²) >= 11 is 6.44. The van der Waals surface area contributed by atoms with Crippen LogP contribution in [-0.2, 0) is 9.59 Å². The highest BCUT2D eigenvalue weighted by atomic mass is 35.5. The summed E-state index contributed by atoms with van der Waals surface area (Å²) in [6.45, 7) is 8.53. The van der Waals surface area contributed by atoms with Crippen LogP contribution >= 0.6 is 23.1 Å². The predicted octanol–water partition coefficient (Wildman–Crippen LogP) is 5.96. The van der Waals surface area contributed by atoms with Gasteiger partial charge in [-0.2, -0.15) is 4.37 Å². The number of halogens is 1. The number of carbonyl (C=O) groups is 2. The zero-order valence-corrected chi connectivity index (χ0v) is 21.5. The first-order chi connectivity index (χ1) is 17.0. The van der Waals surface area contributed by atoms with Crippen LogP contribution in [0.4, 0.5) is 5.82 Å². The molecule has 3 rings (SSSR count). The molecule has 0 saturated carbocycles. The van der Waals surface area contributed by atoms with E-state index in [4.69, 9.17) is 11.6 Å². The number of rotatable bonds is 10. The van der Waals surface area contributed by atoms with Crippen molar-refractivity contribution < 1.29 is 9.59 Å². The molecule has 0 spiro atoms. The average molecular weight is 511 g/mol. The minimum Gasteiger partial charge on any atom is -0.367 e. The lowest BCUT2D eigenvalue weighted by molar-refractivity contribution is -0.127. The molecule has 1 atom stereocenters. The van der Waals surface area contributed by atoms with Gasteiger partial charge in [0.15, 0.2) is 0 Å². The lowest BCUT2D eigenvalue weighted by Crippen LogP contribution is -2.42. The van der Waals surface area contributed by atoms with E-state index in [9.17, 15) is 9.59 Å². The number of nitrogens with one attached hydrogen (secondary N) is 3. The maximum absolute atomic E-state index is 12.9. The third kappa shape index (κ3) is 9.03. The van der Waals surface area contributed by atoms with Crippen LogP contribution in [0.25, 0.3) is 10.1 Å². The molecule has 0 aliphatic rings. The normalized spacial score (nSPS) is 11.6. The highest BCUT2D eigenvalue weighted by Gasteiger charge is 2.22. The van der Waals surface area contributed by atoms with Crippen LogP contribution in [0.2, 0.25) is 0 Å². The van der Waals surface area contributed by atoms with Gasteiger partial charge in [0.25, 0.3) is 5.91 Å². The molecule has 0 fully saturated rings. The van der Waals surface area contributed by atoms with Gasteiger partial charge in [0.05, 0.1) is 4.70 Å². The summed E-state index contributed by atoms with van der Waals surface area (Å²) in [5, 5.41) is 10.00. The molecule has 0 aliphatic heterocycles. The minimum atomic E-state index is -0.805. The van der Waals surface area contributed by atoms with Gasteiger partial charge in [0.1, 0.15) is 11.9 Å². The zero-order chi connectivity index (χ0) is 25.5. The first-order valence-corrected chi connectivity index (χ1v) is 12.5. The van der Waals surface area contributed by atoms with Crippen LogP contribution in [0.5, 0.6) is 0 Å². The van der Waals surface area contributed by atoms with Gasteiger partial charge < -0.3 is 16.0 Å². The van der Waals surface area contributed by atoms with Gasteiger partial charge in [0, 0.05) is 24.0 Å². The summed E-state index contributed by atoms with van der Waals surface area (Å²) in [6, 6.07) is 16.4. The fourth-order valence-electron chi connectivity index (χ4n) is 2.99. The Balaban J connectivity index is 0.00000100. The Bertz CT molecular complexity index is 1150. The van der Waals surface area contributed by atoms with Crippen LogP contribution in [0.15, 0.2) is 90.5 Å². The molecule has 6 nitrogen and oxygen atoms in total. The summed E-state index contributed by atoms with van der Waals surface area (Å²) < 4.78 is 5.53. The van der Waals surface area contributed by atoms with Gasteiger partial charge in [-0.15, -0.1) is 0 Å². The van der Waals surface area contributed by atoms with E-state index in [1.54, 1.807) is 12.2 Å². The fraction of sp³-hybridized carbons (Fsp3) is 0.222. The van der Waals surface area contributed by atoms with Crippen molar-refractivity contribution in [3.05, 3.63) is 96.1 Å². The van der Waals surface area contributed by atoms with Crippen molar-refractivity contribution in [2.24, 2.45) is 0 Å². The Hall–Kier alpha value is -3.42. The number of fused-ring (bicyclic) bond motifs is 1. The standard InChI is InChI=1S/C24H26N4O2S.C3H5Cl/c1-3-4-10-17(2)23(29)27-21(18-11-6-5-7-12-18)24(30)26-16-15-25-22-19-13-8-9-14-20(19)31-28-22;1-2-3-4/h4-14,21H,2-3,15-16H2,1H3,(H,25,28)(H,26,30)(H,27,29);2-3H,1H3/b10-4-;3-2+. The lowest BCUT2D eigenvalue weighted by Gasteiger charge is -2.19. The molecular weight excluding hydrogens is 480 g/mol. The number of hydrogen-bond acceptors (Lipinski definition) is 5. The summed E-state index contributed by atoms with van der Waals surface area (Å²) in [5.74, 6) is 0.152. The number of aromatic nitrogens is 1. The molecule has 0 bridgehead atoms. The molecule has 0 saturated heterocycles. The van der Waals surface area contributed by atoms with Crippen LogP contribution < -0.4 is 16.0 Å². The smallest absolute Gasteiger partial charge is 0.251 e. The first kappa shape index (κ1) is 27.8. The second-order valence-electron chi connectivity index (χ2n) is 7.36. The van der Waals surface area contributed by atoms with Gasteiger partial charge in [-0.1, -0.05) is 85.8 Å². The Labute approximate surface area is 215 Å². The quantitative estimate of drug-likeness (QED) is 0.178. The van der Waals surface area contributed by atoms with E-state index in [0.717, 1.165) is 22.3 Å². The second kappa shape index (κ2) is 15.5.